The van der Waals surface area contributed by atoms with Gasteiger partial charge in [0.25, 0.3) is 5.56 Å². The molecule has 3 nitrogen and oxygen atoms in total. The topological polar surface area (TPSA) is 34.0 Å². The molecule has 2 unspecified atom stereocenters. The third-order valence-corrected chi connectivity index (χ3v) is 5.79. The van der Waals surface area contributed by atoms with Gasteiger partial charge in [0.05, 0.1) is 0 Å². The summed E-state index contributed by atoms with van der Waals surface area (Å²) in [5, 5.41) is 3.50. The van der Waals surface area contributed by atoms with Crippen molar-refractivity contribution in [2.75, 3.05) is 13.1 Å². The monoisotopic (exact) mass is 342 g/mol. The number of benzene rings is 2. The van der Waals surface area contributed by atoms with Gasteiger partial charge in [0.1, 0.15) is 0 Å². The first-order valence-electron chi connectivity index (χ1n) is 9.40. The van der Waals surface area contributed by atoms with Crippen LogP contribution in [0.15, 0.2) is 71.5 Å². The van der Waals surface area contributed by atoms with Gasteiger partial charge in [-0.25, -0.2) is 0 Å². The highest BCUT2D eigenvalue weighted by Crippen LogP contribution is 2.33. The number of hydrogen-bond acceptors (Lipinski definition) is 2. The first kappa shape index (κ1) is 15.6. The molecular weight excluding hydrogens is 320 g/mol. The van der Waals surface area contributed by atoms with Crippen LogP contribution in [-0.2, 0) is 6.54 Å². The van der Waals surface area contributed by atoms with Gasteiger partial charge in [0.15, 0.2) is 0 Å². The Balaban J connectivity index is 1.60. The highest BCUT2D eigenvalue weighted by molar-refractivity contribution is 5.72. The molecule has 26 heavy (non-hydrogen) atoms. The van der Waals surface area contributed by atoms with Crippen molar-refractivity contribution in [3.05, 3.63) is 82.8 Å². The van der Waals surface area contributed by atoms with Gasteiger partial charge in [0.2, 0.25) is 0 Å². The van der Waals surface area contributed by atoms with Crippen molar-refractivity contribution in [2.45, 2.75) is 18.9 Å². The molecule has 0 amide bonds. The average Bonchev–Trinajstić information content (AvgIpc) is 2.70. The van der Waals surface area contributed by atoms with Crippen LogP contribution in [0, 0.1) is 5.92 Å². The van der Waals surface area contributed by atoms with Crippen LogP contribution in [0.4, 0.5) is 0 Å². The molecule has 1 fully saturated rings. The van der Waals surface area contributed by atoms with E-state index in [1.165, 1.54) is 17.7 Å². The summed E-state index contributed by atoms with van der Waals surface area (Å²) in [7, 11) is 0. The molecule has 1 saturated heterocycles. The van der Waals surface area contributed by atoms with Gasteiger partial charge in [-0.1, -0.05) is 48.5 Å². The molecule has 1 aromatic heterocycles. The lowest BCUT2D eigenvalue weighted by Crippen LogP contribution is -2.45. The summed E-state index contributed by atoms with van der Waals surface area (Å²) in [6, 6.07) is 22.8. The van der Waals surface area contributed by atoms with Crippen LogP contribution in [0.2, 0.25) is 0 Å². The Labute approximate surface area is 153 Å². The number of rotatable bonds is 2. The molecule has 2 aliphatic heterocycles. The minimum atomic E-state index is 0.157. The maximum Gasteiger partial charge on any atom is 0.258 e. The Morgan fingerprint density at radius 1 is 0.846 bits per heavy atom. The predicted octanol–water partition coefficient (Wildman–Crippen LogP) is 3.89. The van der Waals surface area contributed by atoms with E-state index in [0.717, 1.165) is 36.3 Å². The molecule has 0 saturated carbocycles. The summed E-state index contributed by atoms with van der Waals surface area (Å²) in [4.78, 5) is 13.2. The van der Waals surface area contributed by atoms with Crippen molar-refractivity contribution >= 4 is 0 Å². The van der Waals surface area contributed by atoms with E-state index in [-0.39, 0.29) is 5.56 Å². The smallest absolute Gasteiger partial charge is 0.258 e. The van der Waals surface area contributed by atoms with Crippen molar-refractivity contribution in [2.24, 2.45) is 5.92 Å². The Hall–Kier alpha value is -2.65. The summed E-state index contributed by atoms with van der Waals surface area (Å²) in [5.74, 6) is 1.05. The van der Waals surface area contributed by atoms with Gasteiger partial charge in [-0.3, -0.25) is 4.79 Å². The van der Waals surface area contributed by atoms with Gasteiger partial charge in [-0.05, 0) is 53.8 Å². The van der Waals surface area contributed by atoms with E-state index in [0.29, 0.717) is 11.8 Å². The van der Waals surface area contributed by atoms with Crippen LogP contribution in [-0.4, -0.2) is 17.7 Å². The van der Waals surface area contributed by atoms with Crippen molar-refractivity contribution in [1.29, 1.82) is 0 Å². The second kappa shape index (κ2) is 6.26. The molecule has 2 atom stereocenters. The minimum absolute atomic E-state index is 0.157. The predicted molar refractivity (Wildman–Crippen MR) is 105 cm³/mol. The maximum absolute atomic E-state index is 13.2. The Kier molecular flexibility index (Phi) is 3.75. The normalized spacial score (nSPS) is 21.2. The molecule has 5 rings (SSSR count). The van der Waals surface area contributed by atoms with Crippen LogP contribution in [0.5, 0.6) is 0 Å². The third kappa shape index (κ3) is 2.60. The molecule has 2 aliphatic rings. The van der Waals surface area contributed by atoms with E-state index in [9.17, 15) is 4.79 Å². The van der Waals surface area contributed by atoms with E-state index in [2.05, 4.69) is 35.6 Å². The number of nitrogens with zero attached hydrogens (tertiary/aromatic N) is 1. The second-order valence-corrected chi connectivity index (χ2v) is 7.49. The number of nitrogens with one attached hydrogen (secondary N) is 1. The summed E-state index contributed by atoms with van der Waals surface area (Å²) >= 11 is 0. The molecule has 3 aromatic rings. The average molecular weight is 342 g/mol. The fourth-order valence-corrected chi connectivity index (χ4v) is 4.51. The van der Waals surface area contributed by atoms with Crippen LogP contribution in [0.25, 0.3) is 22.3 Å². The first-order chi connectivity index (χ1) is 12.8. The summed E-state index contributed by atoms with van der Waals surface area (Å²) in [6.07, 6.45) is 1.20. The fourth-order valence-electron chi connectivity index (χ4n) is 4.51. The number of aromatic nitrogens is 1. The van der Waals surface area contributed by atoms with Crippen molar-refractivity contribution in [1.82, 2.24) is 9.88 Å². The molecule has 3 heterocycles. The van der Waals surface area contributed by atoms with Crippen LogP contribution >= 0.6 is 0 Å². The molecule has 3 heteroatoms. The zero-order chi connectivity index (χ0) is 17.5. The largest absolute Gasteiger partial charge is 0.316 e. The molecule has 130 valence electrons. The lowest BCUT2D eigenvalue weighted by Gasteiger charge is -2.37. The second-order valence-electron chi connectivity index (χ2n) is 7.49. The molecule has 1 N–H and O–H groups in total. The molecule has 2 bridgehead atoms. The minimum Gasteiger partial charge on any atom is -0.316 e. The highest BCUT2D eigenvalue weighted by atomic mass is 16.1. The Bertz CT molecular complexity index is 1010. The summed E-state index contributed by atoms with van der Waals surface area (Å²) in [5.41, 5.74) is 5.48. The number of hydrogen-bond donors (Lipinski definition) is 1. The summed E-state index contributed by atoms with van der Waals surface area (Å²) < 4.78 is 2.03. The molecule has 0 radical (unpaired) electrons. The van der Waals surface area contributed by atoms with Crippen molar-refractivity contribution in [3.8, 4) is 22.3 Å². The SMILES string of the molecule is O=c1c(-c2cccc(-c3ccccc3)c2)ccc2n1CC1CNCC2C1. The maximum atomic E-state index is 13.2. The van der Waals surface area contributed by atoms with Crippen LogP contribution in [0.3, 0.4) is 0 Å². The van der Waals surface area contributed by atoms with Crippen molar-refractivity contribution in [3.63, 3.8) is 0 Å². The number of piperidine rings is 1. The standard InChI is InChI=1S/C23H22N2O/c26-23-21(9-10-22-20-11-16(13-24-14-20)15-25(22)23)19-8-4-7-18(12-19)17-5-2-1-3-6-17/h1-10,12,16,20,24H,11,13-15H2. The van der Waals surface area contributed by atoms with Crippen molar-refractivity contribution < 1.29 is 0 Å². The van der Waals surface area contributed by atoms with E-state index >= 15 is 0 Å². The fraction of sp³-hybridized carbons (Fsp3) is 0.261. The first-order valence-corrected chi connectivity index (χ1v) is 9.40. The van der Waals surface area contributed by atoms with Gasteiger partial charge >= 0.3 is 0 Å². The van der Waals surface area contributed by atoms with E-state index in [4.69, 9.17) is 0 Å². The van der Waals surface area contributed by atoms with Crippen LogP contribution in [0.1, 0.15) is 18.0 Å². The van der Waals surface area contributed by atoms with E-state index < -0.39 is 0 Å². The molecule has 0 aliphatic carbocycles. The molecule has 0 spiro atoms. The summed E-state index contributed by atoms with van der Waals surface area (Å²) in [6.45, 7) is 2.85. The van der Waals surface area contributed by atoms with Gasteiger partial charge < -0.3 is 9.88 Å². The number of fused-ring (bicyclic) bond motifs is 4. The number of pyridine rings is 1. The quantitative estimate of drug-likeness (QED) is 0.767. The van der Waals surface area contributed by atoms with Gasteiger partial charge in [0, 0.05) is 30.3 Å². The highest BCUT2D eigenvalue weighted by Gasteiger charge is 2.31. The van der Waals surface area contributed by atoms with Crippen LogP contribution < -0.4 is 10.9 Å². The zero-order valence-electron chi connectivity index (χ0n) is 14.7. The Morgan fingerprint density at radius 3 is 2.54 bits per heavy atom. The molecule has 2 aromatic carbocycles. The Morgan fingerprint density at radius 2 is 1.65 bits per heavy atom. The van der Waals surface area contributed by atoms with Gasteiger partial charge in [-0.2, -0.15) is 0 Å². The zero-order valence-corrected chi connectivity index (χ0v) is 14.7. The lowest BCUT2D eigenvalue weighted by atomic mass is 9.84. The molecular formula is C23H22N2O. The van der Waals surface area contributed by atoms with E-state index in [1.807, 2.05) is 41.0 Å². The van der Waals surface area contributed by atoms with E-state index in [1.54, 1.807) is 0 Å². The van der Waals surface area contributed by atoms with Gasteiger partial charge in [-0.15, -0.1) is 0 Å². The third-order valence-electron chi connectivity index (χ3n) is 5.79. The lowest BCUT2D eigenvalue weighted by molar-refractivity contribution is 0.257.